The zero-order valence-electron chi connectivity index (χ0n) is 13.4. The maximum absolute atomic E-state index is 8.68. The number of aliphatic hydroxyl groups is 1. The Labute approximate surface area is 118 Å². The van der Waals surface area contributed by atoms with E-state index in [4.69, 9.17) is 14.7 Å². The van der Waals surface area contributed by atoms with Crippen molar-refractivity contribution in [2.45, 2.75) is 66.4 Å². The van der Waals surface area contributed by atoms with Gasteiger partial charge in [-0.15, -0.1) is 0 Å². The van der Waals surface area contributed by atoms with Crippen LogP contribution in [0.4, 0.5) is 0 Å². The van der Waals surface area contributed by atoms with Crippen LogP contribution in [0, 0.1) is 5.41 Å². The Bertz CT molecular complexity index is 262. The second-order valence-corrected chi connectivity index (χ2v) is 6.75. The van der Waals surface area contributed by atoms with Crippen LogP contribution in [0.2, 0.25) is 0 Å². The largest absolute Gasteiger partial charge is 0.499 e. The van der Waals surface area contributed by atoms with Crippen molar-refractivity contribution >= 4 is 0 Å². The molecule has 0 aliphatic heterocycles. The summed E-state index contributed by atoms with van der Waals surface area (Å²) < 4.78 is 5.55. The number of rotatable bonds is 8. The molecular formula is C15H31NO3. The van der Waals surface area contributed by atoms with E-state index in [2.05, 4.69) is 26.3 Å². The topological polar surface area (TPSA) is 50.7 Å². The van der Waals surface area contributed by atoms with E-state index in [0.717, 1.165) is 25.0 Å². The van der Waals surface area contributed by atoms with Crippen molar-refractivity contribution in [3.8, 4) is 0 Å². The molecule has 2 N–H and O–H groups in total. The summed E-state index contributed by atoms with van der Waals surface area (Å²) in [6, 6.07) is 0. The predicted octanol–water partition coefficient (Wildman–Crippen LogP) is 3.37. The smallest absolute Gasteiger partial charge is 0.105 e. The highest BCUT2D eigenvalue weighted by atomic mass is 16.7. The molecule has 0 atom stereocenters. The first kappa shape index (κ1) is 18.3. The fraction of sp³-hybridized carbons (Fsp3) is 0.867. The van der Waals surface area contributed by atoms with Crippen molar-refractivity contribution in [1.82, 2.24) is 5.48 Å². The fourth-order valence-corrected chi connectivity index (χ4v) is 1.18. The number of hydroxylamine groups is 1. The van der Waals surface area contributed by atoms with E-state index in [1.54, 1.807) is 6.26 Å². The van der Waals surface area contributed by atoms with Crippen LogP contribution in [-0.2, 0) is 9.57 Å². The minimum Gasteiger partial charge on any atom is -0.499 e. The molecule has 4 heteroatoms. The summed E-state index contributed by atoms with van der Waals surface area (Å²) >= 11 is 0. The number of allylic oxidation sites excluding steroid dienone is 1. The van der Waals surface area contributed by atoms with E-state index in [1.807, 2.05) is 20.8 Å². The molecule has 0 spiro atoms. The summed E-state index contributed by atoms with van der Waals surface area (Å²) in [4.78, 5) is 5.58. The molecule has 0 amide bonds. The first-order chi connectivity index (χ1) is 8.67. The molecule has 114 valence electrons. The molecular weight excluding hydrogens is 242 g/mol. The third-order valence-corrected chi connectivity index (χ3v) is 2.40. The van der Waals surface area contributed by atoms with Crippen LogP contribution in [0.15, 0.2) is 12.0 Å². The Morgan fingerprint density at radius 1 is 1.05 bits per heavy atom. The normalized spacial score (nSPS) is 13.5. The summed E-state index contributed by atoms with van der Waals surface area (Å²) in [5.41, 5.74) is 3.61. The van der Waals surface area contributed by atoms with Gasteiger partial charge in [-0.2, -0.15) is 0 Å². The van der Waals surface area contributed by atoms with Gasteiger partial charge < -0.3 is 9.84 Å². The van der Waals surface area contributed by atoms with Crippen LogP contribution < -0.4 is 5.48 Å². The predicted molar refractivity (Wildman–Crippen MR) is 78.4 cm³/mol. The molecule has 0 fully saturated rings. The summed E-state index contributed by atoms with van der Waals surface area (Å²) in [5, 5.41) is 8.68. The Hall–Kier alpha value is -0.740. The summed E-state index contributed by atoms with van der Waals surface area (Å²) in [5.74, 6) is 0. The van der Waals surface area contributed by atoms with Gasteiger partial charge in [0.25, 0.3) is 0 Å². The van der Waals surface area contributed by atoms with E-state index in [9.17, 15) is 0 Å². The zero-order chi connectivity index (χ0) is 14.9. The van der Waals surface area contributed by atoms with Crippen LogP contribution >= 0.6 is 0 Å². The van der Waals surface area contributed by atoms with E-state index < -0.39 is 0 Å². The lowest BCUT2D eigenvalue weighted by atomic mass is 9.93. The van der Waals surface area contributed by atoms with Crippen LogP contribution in [-0.4, -0.2) is 23.9 Å². The number of aliphatic hydroxyl groups excluding tert-OH is 1. The average Bonchev–Trinajstić information content (AvgIpc) is 2.23. The standard InChI is InChI=1S/C15H31NO3/c1-14(2,3)13(16-19-15(4,5)6)12-18-11-9-7-8-10-17/h12,16-17H,7-11H2,1-6H3. The monoisotopic (exact) mass is 273 g/mol. The minimum atomic E-state index is -0.245. The molecule has 0 heterocycles. The lowest BCUT2D eigenvalue weighted by molar-refractivity contribution is -0.0659. The summed E-state index contributed by atoms with van der Waals surface area (Å²) in [7, 11) is 0. The van der Waals surface area contributed by atoms with Crippen LogP contribution in [0.3, 0.4) is 0 Å². The SMILES string of the molecule is CC(C)(C)ONC(=COCCCCCO)C(C)(C)C. The number of unbranched alkanes of at least 4 members (excludes halogenated alkanes) is 2. The molecule has 0 saturated heterocycles. The van der Waals surface area contributed by atoms with E-state index >= 15 is 0 Å². The van der Waals surface area contributed by atoms with Gasteiger partial charge in [0.15, 0.2) is 0 Å². The fourth-order valence-electron chi connectivity index (χ4n) is 1.18. The average molecular weight is 273 g/mol. The molecule has 0 aromatic carbocycles. The molecule has 0 aliphatic carbocycles. The minimum absolute atomic E-state index is 0.0592. The van der Waals surface area contributed by atoms with Crippen LogP contribution in [0.25, 0.3) is 0 Å². The summed E-state index contributed by atoms with van der Waals surface area (Å²) in [6.45, 7) is 13.2. The second kappa shape index (κ2) is 8.43. The molecule has 0 rings (SSSR count). The zero-order valence-corrected chi connectivity index (χ0v) is 13.4. The molecule has 19 heavy (non-hydrogen) atoms. The number of hydrogen-bond donors (Lipinski definition) is 2. The van der Waals surface area contributed by atoms with Crippen molar-refractivity contribution in [1.29, 1.82) is 0 Å². The molecule has 0 unspecified atom stereocenters. The number of nitrogens with one attached hydrogen (secondary N) is 1. The first-order valence-electron chi connectivity index (χ1n) is 7.04. The highest BCUT2D eigenvalue weighted by Gasteiger charge is 2.20. The lowest BCUT2D eigenvalue weighted by Gasteiger charge is -2.27. The molecule has 0 aromatic heterocycles. The van der Waals surface area contributed by atoms with Crippen molar-refractivity contribution in [2.24, 2.45) is 5.41 Å². The molecule has 0 aliphatic rings. The van der Waals surface area contributed by atoms with Crippen molar-refractivity contribution in [3.63, 3.8) is 0 Å². The van der Waals surface area contributed by atoms with Gasteiger partial charge in [0.2, 0.25) is 0 Å². The van der Waals surface area contributed by atoms with Gasteiger partial charge in [-0.3, -0.25) is 10.3 Å². The first-order valence-corrected chi connectivity index (χ1v) is 7.04. The quantitative estimate of drug-likeness (QED) is 0.404. The maximum Gasteiger partial charge on any atom is 0.105 e. The summed E-state index contributed by atoms with van der Waals surface area (Å²) in [6.07, 6.45) is 4.52. The number of ether oxygens (including phenoxy) is 1. The van der Waals surface area contributed by atoms with Gasteiger partial charge in [0, 0.05) is 12.0 Å². The van der Waals surface area contributed by atoms with Crippen LogP contribution in [0.1, 0.15) is 60.8 Å². The van der Waals surface area contributed by atoms with Crippen molar-refractivity contribution in [3.05, 3.63) is 12.0 Å². The highest BCUT2D eigenvalue weighted by molar-refractivity contribution is 5.03. The molecule has 4 nitrogen and oxygen atoms in total. The van der Waals surface area contributed by atoms with Gasteiger partial charge in [-0.25, -0.2) is 0 Å². The Morgan fingerprint density at radius 2 is 1.68 bits per heavy atom. The van der Waals surface area contributed by atoms with Gasteiger partial charge in [-0.1, -0.05) is 20.8 Å². The third-order valence-electron chi connectivity index (χ3n) is 2.40. The molecule has 0 radical (unpaired) electrons. The van der Waals surface area contributed by atoms with Gasteiger partial charge in [0.1, 0.15) is 6.26 Å². The van der Waals surface area contributed by atoms with Crippen LogP contribution in [0.5, 0.6) is 0 Å². The molecule has 0 aromatic rings. The second-order valence-electron chi connectivity index (χ2n) is 6.75. The van der Waals surface area contributed by atoms with E-state index in [1.165, 1.54) is 0 Å². The van der Waals surface area contributed by atoms with Crippen molar-refractivity contribution in [2.75, 3.05) is 13.2 Å². The highest BCUT2D eigenvalue weighted by Crippen LogP contribution is 2.23. The van der Waals surface area contributed by atoms with Gasteiger partial charge in [-0.05, 0) is 40.0 Å². The molecule has 0 bridgehead atoms. The Balaban J connectivity index is 4.20. The van der Waals surface area contributed by atoms with E-state index in [0.29, 0.717) is 6.61 Å². The lowest BCUT2D eigenvalue weighted by Crippen LogP contribution is -2.33. The number of hydrogen-bond acceptors (Lipinski definition) is 4. The van der Waals surface area contributed by atoms with Gasteiger partial charge in [0.05, 0.1) is 17.9 Å². The third kappa shape index (κ3) is 10.8. The maximum atomic E-state index is 8.68. The Kier molecular flexibility index (Phi) is 8.11. The van der Waals surface area contributed by atoms with Gasteiger partial charge >= 0.3 is 0 Å². The molecule has 0 saturated carbocycles. The van der Waals surface area contributed by atoms with Crippen molar-refractivity contribution < 1.29 is 14.7 Å². The van der Waals surface area contributed by atoms with E-state index in [-0.39, 0.29) is 17.6 Å². The Morgan fingerprint density at radius 3 is 2.16 bits per heavy atom.